The number of pyridine rings is 1. The fourth-order valence-corrected chi connectivity index (χ4v) is 1.87. The van der Waals surface area contributed by atoms with E-state index >= 15 is 0 Å². The predicted octanol–water partition coefficient (Wildman–Crippen LogP) is 0.854. The summed E-state index contributed by atoms with van der Waals surface area (Å²) < 4.78 is 4.59. The lowest BCUT2D eigenvalue weighted by molar-refractivity contribution is -0.117. The van der Waals surface area contributed by atoms with Crippen LogP contribution >= 0.6 is 0 Å². The van der Waals surface area contributed by atoms with Crippen LogP contribution in [0.5, 0.6) is 0 Å². The van der Waals surface area contributed by atoms with Crippen molar-refractivity contribution in [2.75, 3.05) is 18.6 Å². The molecule has 5 heteroatoms. The molecule has 0 radical (unpaired) electrons. The number of hydrogen-bond donors (Lipinski definition) is 0. The number of terminal acetylenes is 1. The molecule has 18 heavy (non-hydrogen) atoms. The van der Waals surface area contributed by atoms with Crippen LogP contribution in [-0.2, 0) is 9.53 Å². The van der Waals surface area contributed by atoms with Crippen molar-refractivity contribution in [3.8, 4) is 12.3 Å². The first-order valence-electron chi connectivity index (χ1n) is 5.46. The predicted molar refractivity (Wildman–Crippen MR) is 64.9 cm³/mol. The van der Waals surface area contributed by atoms with Gasteiger partial charge < -0.3 is 9.64 Å². The van der Waals surface area contributed by atoms with Crippen molar-refractivity contribution in [2.24, 2.45) is 5.92 Å². The lowest BCUT2D eigenvalue weighted by Gasteiger charge is -2.16. The molecule has 5 nitrogen and oxygen atoms in total. The molecule has 1 aliphatic rings. The third-order valence-corrected chi connectivity index (χ3v) is 2.81. The van der Waals surface area contributed by atoms with Gasteiger partial charge in [0.05, 0.1) is 7.11 Å². The highest BCUT2D eigenvalue weighted by Crippen LogP contribution is 2.24. The van der Waals surface area contributed by atoms with E-state index in [1.807, 2.05) is 0 Å². The van der Waals surface area contributed by atoms with Gasteiger partial charge in [0.15, 0.2) is 0 Å². The number of anilines is 1. The first-order valence-corrected chi connectivity index (χ1v) is 5.46. The maximum Gasteiger partial charge on any atom is 0.356 e. The van der Waals surface area contributed by atoms with E-state index in [1.165, 1.54) is 19.4 Å². The Morgan fingerprint density at radius 2 is 2.44 bits per heavy atom. The molecular formula is C13H12N2O3. The molecule has 1 amide bonds. The zero-order chi connectivity index (χ0) is 13.1. The van der Waals surface area contributed by atoms with E-state index in [4.69, 9.17) is 6.42 Å². The molecule has 1 aromatic rings. The van der Waals surface area contributed by atoms with Gasteiger partial charge in [-0.1, -0.05) is 0 Å². The Hall–Kier alpha value is -2.35. The molecule has 1 atom stereocenters. The van der Waals surface area contributed by atoms with Crippen molar-refractivity contribution in [2.45, 2.75) is 6.42 Å². The summed E-state index contributed by atoms with van der Waals surface area (Å²) in [7, 11) is 1.28. The van der Waals surface area contributed by atoms with Crippen molar-refractivity contribution in [3.05, 3.63) is 24.0 Å². The smallest absolute Gasteiger partial charge is 0.356 e. The Bertz CT molecular complexity index is 533. The molecule has 0 aliphatic carbocycles. The van der Waals surface area contributed by atoms with Crippen LogP contribution in [0.1, 0.15) is 16.9 Å². The van der Waals surface area contributed by atoms with Crippen LogP contribution in [0.15, 0.2) is 18.3 Å². The highest BCUT2D eigenvalue weighted by atomic mass is 16.5. The van der Waals surface area contributed by atoms with Gasteiger partial charge in [0.1, 0.15) is 5.69 Å². The molecule has 2 rings (SSSR count). The van der Waals surface area contributed by atoms with E-state index in [1.54, 1.807) is 11.0 Å². The summed E-state index contributed by atoms with van der Waals surface area (Å²) in [6.07, 6.45) is 7.13. The van der Waals surface area contributed by atoms with Gasteiger partial charge in [-0.2, -0.15) is 0 Å². The molecule has 0 aromatic carbocycles. The van der Waals surface area contributed by atoms with E-state index in [-0.39, 0.29) is 17.5 Å². The average molecular weight is 244 g/mol. The SMILES string of the molecule is C#CC1CC(=O)N(c2ccnc(C(=O)OC)c2)C1. The summed E-state index contributed by atoms with van der Waals surface area (Å²) in [6, 6.07) is 3.20. The summed E-state index contributed by atoms with van der Waals surface area (Å²) >= 11 is 0. The molecule has 2 heterocycles. The standard InChI is InChI=1S/C13H12N2O3/c1-3-9-6-12(16)15(8-9)10-4-5-14-11(7-10)13(17)18-2/h1,4-5,7,9H,6,8H2,2H3. The largest absolute Gasteiger partial charge is 0.464 e. The summed E-state index contributed by atoms with van der Waals surface area (Å²) in [6.45, 7) is 0.472. The van der Waals surface area contributed by atoms with Gasteiger partial charge >= 0.3 is 5.97 Å². The number of nitrogens with zero attached hydrogens (tertiary/aromatic N) is 2. The first kappa shape index (κ1) is 12.1. The fraction of sp³-hybridized carbons (Fsp3) is 0.308. The van der Waals surface area contributed by atoms with Crippen LogP contribution in [0.3, 0.4) is 0 Å². The first-order chi connectivity index (χ1) is 8.65. The summed E-state index contributed by atoms with van der Waals surface area (Å²) in [5.74, 6) is 1.92. The van der Waals surface area contributed by atoms with Crippen LogP contribution in [-0.4, -0.2) is 30.5 Å². The minimum absolute atomic E-state index is 0.0417. The van der Waals surface area contributed by atoms with Crippen molar-refractivity contribution < 1.29 is 14.3 Å². The number of methoxy groups -OCH3 is 1. The van der Waals surface area contributed by atoms with Crippen LogP contribution in [0.2, 0.25) is 0 Å². The summed E-state index contributed by atoms with van der Waals surface area (Å²) in [4.78, 5) is 28.6. The van der Waals surface area contributed by atoms with E-state index in [2.05, 4.69) is 15.6 Å². The Kier molecular flexibility index (Phi) is 3.28. The third-order valence-electron chi connectivity index (χ3n) is 2.81. The van der Waals surface area contributed by atoms with Crippen molar-refractivity contribution in [3.63, 3.8) is 0 Å². The topological polar surface area (TPSA) is 59.5 Å². The number of amides is 1. The van der Waals surface area contributed by atoms with Gasteiger partial charge in [0, 0.05) is 30.8 Å². The zero-order valence-electron chi connectivity index (χ0n) is 9.92. The van der Waals surface area contributed by atoms with Crippen LogP contribution < -0.4 is 4.90 Å². The minimum atomic E-state index is -0.531. The van der Waals surface area contributed by atoms with Crippen LogP contribution in [0.4, 0.5) is 5.69 Å². The van der Waals surface area contributed by atoms with Gasteiger partial charge in [0.2, 0.25) is 5.91 Å². The molecule has 1 unspecified atom stereocenters. The maximum absolute atomic E-state index is 11.8. The molecule has 0 saturated carbocycles. The van der Waals surface area contributed by atoms with Gasteiger partial charge in [-0.05, 0) is 12.1 Å². The molecule has 92 valence electrons. The van der Waals surface area contributed by atoms with E-state index in [0.29, 0.717) is 18.7 Å². The van der Waals surface area contributed by atoms with Gasteiger partial charge in [-0.25, -0.2) is 9.78 Å². The molecule has 1 fully saturated rings. The average Bonchev–Trinajstić information content (AvgIpc) is 2.79. The Labute approximate surface area is 105 Å². The summed E-state index contributed by atoms with van der Waals surface area (Å²) in [5.41, 5.74) is 0.792. The molecule has 0 N–H and O–H groups in total. The number of ether oxygens (including phenoxy) is 1. The number of hydrogen-bond acceptors (Lipinski definition) is 4. The van der Waals surface area contributed by atoms with E-state index in [9.17, 15) is 9.59 Å². The number of rotatable bonds is 2. The molecule has 0 bridgehead atoms. The second kappa shape index (κ2) is 4.88. The Morgan fingerprint density at radius 1 is 1.67 bits per heavy atom. The van der Waals surface area contributed by atoms with Gasteiger partial charge in [-0.3, -0.25) is 4.79 Å². The third kappa shape index (κ3) is 2.18. The Morgan fingerprint density at radius 3 is 3.06 bits per heavy atom. The Balaban J connectivity index is 2.27. The minimum Gasteiger partial charge on any atom is -0.464 e. The molecule has 1 saturated heterocycles. The quantitative estimate of drug-likeness (QED) is 0.571. The highest BCUT2D eigenvalue weighted by Gasteiger charge is 2.29. The molecular weight excluding hydrogens is 232 g/mol. The van der Waals surface area contributed by atoms with Crippen LogP contribution in [0.25, 0.3) is 0 Å². The monoisotopic (exact) mass is 244 g/mol. The normalized spacial score (nSPS) is 18.6. The maximum atomic E-state index is 11.8. The highest BCUT2D eigenvalue weighted by molar-refractivity contribution is 5.97. The van der Waals surface area contributed by atoms with Gasteiger partial charge in [0.25, 0.3) is 0 Å². The zero-order valence-corrected chi connectivity index (χ0v) is 9.92. The van der Waals surface area contributed by atoms with Crippen LogP contribution in [0, 0.1) is 18.3 Å². The van der Waals surface area contributed by atoms with Crippen molar-refractivity contribution >= 4 is 17.6 Å². The molecule has 1 aromatic heterocycles. The molecule has 0 spiro atoms. The van der Waals surface area contributed by atoms with Gasteiger partial charge in [-0.15, -0.1) is 12.3 Å². The number of carbonyl (C=O) groups is 2. The lowest BCUT2D eigenvalue weighted by Crippen LogP contribution is -2.24. The second-order valence-corrected chi connectivity index (χ2v) is 3.96. The summed E-state index contributed by atoms with van der Waals surface area (Å²) in [5, 5.41) is 0. The number of esters is 1. The lowest BCUT2D eigenvalue weighted by atomic mass is 10.1. The van der Waals surface area contributed by atoms with Crippen molar-refractivity contribution in [1.82, 2.24) is 4.98 Å². The van der Waals surface area contributed by atoms with E-state index in [0.717, 1.165) is 0 Å². The van der Waals surface area contributed by atoms with Crippen molar-refractivity contribution in [1.29, 1.82) is 0 Å². The van der Waals surface area contributed by atoms with E-state index < -0.39 is 5.97 Å². The molecule has 1 aliphatic heterocycles. The fourth-order valence-electron chi connectivity index (χ4n) is 1.87. The second-order valence-electron chi connectivity index (χ2n) is 3.96. The number of carbonyl (C=O) groups excluding carboxylic acids is 2. The number of aromatic nitrogens is 1.